The van der Waals surface area contributed by atoms with E-state index in [0.29, 0.717) is 21.4 Å². The molecule has 8 heteroatoms. The molecule has 1 saturated heterocycles. The fraction of sp³-hybridized carbons (Fsp3) is 0.333. The number of thiazole rings is 1. The molecular formula is C15H15Cl2N3O2S. The number of amides is 1. The molecule has 0 atom stereocenters. The molecule has 1 amide bonds. The molecule has 1 fully saturated rings. The second-order valence-electron chi connectivity index (χ2n) is 5.13. The molecule has 0 saturated carbocycles. The first-order chi connectivity index (χ1) is 11.1. The van der Waals surface area contributed by atoms with Gasteiger partial charge in [0.1, 0.15) is 10.7 Å². The Hall–Kier alpha value is -1.18. The Morgan fingerprint density at radius 1 is 1.26 bits per heavy atom. The number of anilines is 1. The summed E-state index contributed by atoms with van der Waals surface area (Å²) in [5.41, 5.74) is 0.949. The smallest absolute Gasteiger partial charge is 0.275 e. The second kappa shape index (κ2) is 7.59. The number of aromatic nitrogens is 1. The van der Waals surface area contributed by atoms with Crippen LogP contribution in [0.5, 0.6) is 0 Å². The number of morpholine rings is 1. The average molecular weight is 372 g/mol. The highest BCUT2D eigenvalue weighted by molar-refractivity contribution is 7.09. The van der Waals surface area contributed by atoms with Crippen molar-refractivity contribution in [1.29, 1.82) is 0 Å². The molecule has 2 aromatic rings. The Kier molecular flexibility index (Phi) is 5.50. The maximum atomic E-state index is 12.3. The molecule has 5 nitrogen and oxygen atoms in total. The minimum atomic E-state index is -0.271. The molecular weight excluding hydrogens is 357 g/mol. The van der Waals surface area contributed by atoms with Crippen LogP contribution in [0, 0.1) is 0 Å². The third-order valence-electron chi connectivity index (χ3n) is 3.37. The van der Waals surface area contributed by atoms with Crippen molar-refractivity contribution in [3.63, 3.8) is 0 Å². The van der Waals surface area contributed by atoms with Crippen LogP contribution in [-0.2, 0) is 11.3 Å². The van der Waals surface area contributed by atoms with Gasteiger partial charge in [0, 0.05) is 34.2 Å². The Morgan fingerprint density at radius 3 is 2.65 bits per heavy atom. The standard InChI is InChI=1S/C15H15Cl2N3O2S/c16-10-5-11(17)7-12(6-10)18-15(21)13-9-23-14(19-13)8-20-1-3-22-4-2-20/h5-7,9H,1-4,8H2,(H,18,21). The second-order valence-corrected chi connectivity index (χ2v) is 6.94. The third-order valence-corrected chi connectivity index (χ3v) is 4.64. The van der Waals surface area contributed by atoms with Gasteiger partial charge in [0.05, 0.1) is 19.8 Å². The highest BCUT2D eigenvalue weighted by atomic mass is 35.5. The van der Waals surface area contributed by atoms with E-state index in [1.54, 1.807) is 23.6 Å². The predicted molar refractivity (Wildman–Crippen MR) is 92.6 cm³/mol. The van der Waals surface area contributed by atoms with Gasteiger partial charge in [-0.25, -0.2) is 4.98 Å². The monoisotopic (exact) mass is 371 g/mol. The van der Waals surface area contributed by atoms with Crippen LogP contribution in [0.2, 0.25) is 10.0 Å². The van der Waals surface area contributed by atoms with Crippen molar-refractivity contribution in [2.45, 2.75) is 6.54 Å². The fourth-order valence-electron chi connectivity index (χ4n) is 2.26. The minimum Gasteiger partial charge on any atom is -0.379 e. The molecule has 1 aliphatic heterocycles. The van der Waals surface area contributed by atoms with Crippen molar-refractivity contribution in [3.05, 3.63) is 44.3 Å². The van der Waals surface area contributed by atoms with E-state index >= 15 is 0 Å². The van der Waals surface area contributed by atoms with Crippen LogP contribution in [0.25, 0.3) is 0 Å². The zero-order chi connectivity index (χ0) is 16.2. The van der Waals surface area contributed by atoms with E-state index in [4.69, 9.17) is 27.9 Å². The van der Waals surface area contributed by atoms with Crippen LogP contribution in [0.4, 0.5) is 5.69 Å². The van der Waals surface area contributed by atoms with Crippen molar-refractivity contribution in [3.8, 4) is 0 Å². The molecule has 1 aromatic heterocycles. The topological polar surface area (TPSA) is 54.5 Å². The summed E-state index contributed by atoms with van der Waals surface area (Å²) in [7, 11) is 0. The normalized spacial score (nSPS) is 15.6. The zero-order valence-electron chi connectivity index (χ0n) is 12.2. The highest BCUT2D eigenvalue weighted by Crippen LogP contribution is 2.23. The summed E-state index contributed by atoms with van der Waals surface area (Å²) in [6, 6.07) is 4.90. The number of ether oxygens (including phenoxy) is 1. The fourth-order valence-corrected chi connectivity index (χ4v) is 3.60. The van der Waals surface area contributed by atoms with E-state index in [2.05, 4.69) is 15.2 Å². The van der Waals surface area contributed by atoms with Gasteiger partial charge < -0.3 is 10.1 Å². The molecule has 122 valence electrons. The lowest BCUT2D eigenvalue weighted by Gasteiger charge is -2.25. The zero-order valence-corrected chi connectivity index (χ0v) is 14.5. The van der Waals surface area contributed by atoms with Crippen LogP contribution >= 0.6 is 34.5 Å². The maximum Gasteiger partial charge on any atom is 0.275 e. The Balaban J connectivity index is 1.63. The summed E-state index contributed by atoms with van der Waals surface area (Å²) in [5.74, 6) is -0.271. The van der Waals surface area contributed by atoms with E-state index in [1.165, 1.54) is 11.3 Å². The van der Waals surface area contributed by atoms with Crippen molar-refractivity contribution >= 4 is 46.1 Å². The number of carbonyl (C=O) groups excluding carboxylic acids is 1. The van der Waals surface area contributed by atoms with Gasteiger partial charge in [-0.3, -0.25) is 9.69 Å². The van der Waals surface area contributed by atoms with Crippen LogP contribution in [-0.4, -0.2) is 42.1 Å². The third kappa shape index (κ3) is 4.65. The lowest BCUT2D eigenvalue weighted by molar-refractivity contribution is 0.0341. The number of nitrogens with zero attached hydrogens (tertiary/aromatic N) is 2. The number of carbonyl (C=O) groups is 1. The van der Waals surface area contributed by atoms with Gasteiger partial charge in [-0.05, 0) is 18.2 Å². The summed E-state index contributed by atoms with van der Waals surface area (Å²) in [6.45, 7) is 4.01. The lowest BCUT2D eigenvalue weighted by Crippen LogP contribution is -2.35. The summed E-state index contributed by atoms with van der Waals surface area (Å²) < 4.78 is 5.32. The van der Waals surface area contributed by atoms with Gasteiger partial charge in [0.25, 0.3) is 5.91 Å². The number of hydrogen-bond acceptors (Lipinski definition) is 5. The quantitative estimate of drug-likeness (QED) is 0.892. The van der Waals surface area contributed by atoms with E-state index in [0.717, 1.165) is 37.9 Å². The molecule has 1 aliphatic rings. The molecule has 0 unspecified atom stereocenters. The highest BCUT2D eigenvalue weighted by Gasteiger charge is 2.15. The maximum absolute atomic E-state index is 12.3. The first kappa shape index (κ1) is 16.7. The van der Waals surface area contributed by atoms with Crippen molar-refractivity contribution < 1.29 is 9.53 Å². The Morgan fingerprint density at radius 2 is 1.96 bits per heavy atom. The van der Waals surface area contributed by atoms with Crippen molar-refractivity contribution in [2.24, 2.45) is 0 Å². The Labute approximate surface area is 148 Å². The molecule has 0 radical (unpaired) electrons. The molecule has 0 bridgehead atoms. The first-order valence-corrected chi connectivity index (χ1v) is 8.76. The number of hydrogen-bond donors (Lipinski definition) is 1. The molecule has 1 aromatic carbocycles. The lowest BCUT2D eigenvalue weighted by atomic mass is 10.3. The van der Waals surface area contributed by atoms with E-state index in [9.17, 15) is 4.79 Å². The summed E-state index contributed by atoms with van der Waals surface area (Å²) in [6.07, 6.45) is 0. The summed E-state index contributed by atoms with van der Waals surface area (Å²) in [5, 5.41) is 6.38. The van der Waals surface area contributed by atoms with Gasteiger partial charge in [-0.15, -0.1) is 11.3 Å². The number of benzene rings is 1. The van der Waals surface area contributed by atoms with Gasteiger partial charge in [-0.2, -0.15) is 0 Å². The number of nitrogens with one attached hydrogen (secondary N) is 1. The Bertz CT molecular complexity index is 682. The van der Waals surface area contributed by atoms with Crippen LogP contribution in [0.15, 0.2) is 23.6 Å². The molecule has 0 aliphatic carbocycles. The number of halogens is 2. The van der Waals surface area contributed by atoms with Gasteiger partial charge in [0.15, 0.2) is 0 Å². The van der Waals surface area contributed by atoms with Crippen LogP contribution in [0.1, 0.15) is 15.5 Å². The number of rotatable bonds is 4. The van der Waals surface area contributed by atoms with E-state index < -0.39 is 0 Å². The largest absolute Gasteiger partial charge is 0.379 e. The van der Waals surface area contributed by atoms with Gasteiger partial charge >= 0.3 is 0 Å². The molecule has 2 heterocycles. The van der Waals surface area contributed by atoms with E-state index in [-0.39, 0.29) is 5.91 Å². The molecule has 23 heavy (non-hydrogen) atoms. The average Bonchev–Trinajstić information content (AvgIpc) is 2.96. The van der Waals surface area contributed by atoms with Crippen molar-refractivity contribution in [2.75, 3.05) is 31.6 Å². The van der Waals surface area contributed by atoms with Gasteiger partial charge in [0.2, 0.25) is 0 Å². The molecule has 3 rings (SSSR count). The first-order valence-electron chi connectivity index (χ1n) is 7.12. The van der Waals surface area contributed by atoms with Crippen molar-refractivity contribution in [1.82, 2.24) is 9.88 Å². The van der Waals surface area contributed by atoms with Crippen LogP contribution in [0.3, 0.4) is 0 Å². The van der Waals surface area contributed by atoms with Gasteiger partial charge in [-0.1, -0.05) is 23.2 Å². The minimum absolute atomic E-state index is 0.271. The van der Waals surface area contributed by atoms with Crippen LogP contribution < -0.4 is 5.32 Å². The van der Waals surface area contributed by atoms with E-state index in [1.807, 2.05) is 0 Å². The summed E-state index contributed by atoms with van der Waals surface area (Å²) in [4.78, 5) is 18.9. The SMILES string of the molecule is O=C(Nc1cc(Cl)cc(Cl)c1)c1csc(CN2CCOCC2)n1. The summed E-state index contributed by atoms with van der Waals surface area (Å²) >= 11 is 13.3. The predicted octanol–water partition coefficient (Wildman–Crippen LogP) is 3.53. The molecule has 0 spiro atoms. The molecule has 1 N–H and O–H groups in total.